The van der Waals surface area contributed by atoms with E-state index in [0.717, 1.165) is 60.0 Å². The molecule has 0 aliphatic carbocycles. The third-order valence-electron chi connectivity index (χ3n) is 8.99. The second-order valence-electron chi connectivity index (χ2n) is 12.5. The number of pyridine rings is 1. The summed E-state index contributed by atoms with van der Waals surface area (Å²) in [7, 11) is 0. The van der Waals surface area contributed by atoms with Crippen molar-refractivity contribution in [2.75, 3.05) is 0 Å². The first kappa shape index (κ1) is 40.8. The number of fused-ring (bicyclic) bond motifs is 2. The minimum Gasteiger partial charge on any atom is -1.00 e. The monoisotopic (exact) mass is 717 g/mol. The van der Waals surface area contributed by atoms with E-state index in [4.69, 9.17) is 15.0 Å². The molecule has 5 rings (SSSR count). The number of imidazole rings is 2. The topological polar surface area (TPSA) is 48.5 Å². The van der Waals surface area contributed by atoms with Crippen molar-refractivity contribution < 1.29 is 41.9 Å². The Kier molecular flexibility index (Phi) is 19.4. The van der Waals surface area contributed by atoms with Gasteiger partial charge in [0.25, 0.3) is 0 Å². The Morgan fingerprint density at radius 1 is 0.426 bits per heavy atom. The molecule has 47 heavy (non-hydrogen) atoms. The van der Waals surface area contributed by atoms with Crippen molar-refractivity contribution in [3.63, 3.8) is 0 Å². The minimum absolute atomic E-state index is 0. The predicted molar refractivity (Wildman–Crippen MR) is 187 cm³/mol. The molecule has 3 aromatic heterocycles. The van der Waals surface area contributed by atoms with Gasteiger partial charge >= 0.3 is 17.1 Å². The summed E-state index contributed by atoms with van der Waals surface area (Å²) in [4.78, 5) is 15.4. The molecule has 5 nitrogen and oxygen atoms in total. The molecule has 0 bridgehead atoms. The van der Waals surface area contributed by atoms with Crippen molar-refractivity contribution >= 4 is 22.1 Å². The molecule has 0 atom stereocenters. The van der Waals surface area contributed by atoms with Crippen LogP contribution in [0.5, 0.6) is 0 Å². The molecule has 0 aliphatic rings. The predicted octanol–water partition coefficient (Wildman–Crippen LogP) is 5.40. The second kappa shape index (κ2) is 22.3. The van der Waals surface area contributed by atoms with Crippen LogP contribution in [0.1, 0.15) is 117 Å². The summed E-state index contributed by atoms with van der Waals surface area (Å²) in [6, 6.07) is 23.4. The van der Waals surface area contributed by atoms with Gasteiger partial charge in [0, 0.05) is 13.1 Å². The third-order valence-corrected chi connectivity index (χ3v) is 8.99. The van der Waals surface area contributed by atoms with Crippen molar-refractivity contribution in [3.05, 3.63) is 66.7 Å². The zero-order valence-corrected chi connectivity index (χ0v) is 31.0. The van der Waals surface area contributed by atoms with Gasteiger partial charge in [-0.05, 0) is 49.2 Å². The van der Waals surface area contributed by atoms with Crippen molar-refractivity contribution in [1.29, 1.82) is 0 Å². The number of para-hydroxylation sites is 4. The van der Waals surface area contributed by atoms with Gasteiger partial charge in [-0.15, -0.1) is 0 Å². The maximum Gasteiger partial charge on any atom is 2.00 e. The number of hydrogen-bond donors (Lipinski definition) is 0. The molecule has 5 aromatic rings. The fraction of sp³-hybridized carbons (Fsp3) is 0.513. The summed E-state index contributed by atoms with van der Waals surface area (Å²) in [6.07, 6.45) is 21.0. The van der Waals surface area contributed by atoms with Crippen molar-refractivity contribution in [2.45, 2.75) is 130 Å². The summed E-state index contributed by atoms with van der Waals surface area (Å²) in [5, 5.41) is 0. The molecule has 0 spiro atoms. The van der Waals surface area contributed by atoms with Crippen LogP contribution in [0.15, 0.2) is 66.7 Å². The average molecular weight is 719 g/mol. The van der Waals surface area contributed by atoms with Gasteiger partial charge in [-0.2, -0.15) is 0 Å². The third kappa shape index (κ3) is 11.3. The Morgan fingerprint density at radius 3 is 1.19 bits per heavy atom. The quantitative estimate of drug-likeness (QED) is 0.0801. The van der Waals surface area contributed by atoms with E-state index in [0.29, 0.717) is 0 Å². The van der Waals surface area contributed by atoms with Crippen LogP contribution < -0.4 is 24.8 Å². The number of hydrogen-bond acceptors (Lipinski definition) is 3. The zero-order chi connectivity index (χ0) is 30.4. The molecule has 0 saturated carbocycles. The van der Waals surface area contributed by atoms with E-state index in [2.05, 4.69) is 89.7 Å². The molecule has 0 unspecified atom stereocenters. The van der Waals surface area contributed by atoms with Crippen LogP contribution >= 0.6 is 0 Å². The molecule has 3 heterocycles. The largest absolute Gasteiger partial charge is 2.00 e. The average Bonchev–Trinajstić information content (AvgIpc) is 3.62. The molecule has 2 aromatic carbocycles. The molecular formula is C39H53Cl2FeN5. The standard InChI is InChI=1S/C39H53N5.2ClH.Fe/c1-3-5-7-9-11-13-15-21-30-43-36-28-19-17-24-32(36)41-38(43)34-26-23-27-35(40-34)39-42-33-25-18-20-29-37(33)44(39)31-22-16-14-12-10-8-6-4-2;;;/h17-20,23-29H,3-16,21-22,30-31H2,1-2H3;2*1H;/q;;;+2/p-2. The van der Waals surface area contributed by atoms with Crippen LogP contribution in [0.3, 0.4) is 0 Å². The number of rotatable bonds is 20. The van der Waals surface area contributed by atoms with E-state index in [9.17, 15) is 0 Å². The first-order valence-corrected chi connectivity index (χ1v) is 17.7. The van der Waals surface area contributed by atoms with Gasteiger partial charge in [0.15, 0.2) is 11.6 Å². The first-order chi connectivity index (χ1) is 21.8. The normalized spacial score (nSPS) is 10.9. The van der Waals surface area contributed by atoms with E-state index >= 15 is 0 Å². The van der Waals surface area contributed by atoms with E-state index < -0.39 is 0 Å². The van der Waals surface area contributed by atoms with Crippen LogP contribution in [0.25, 0.3) is 45.1 Å². The van der Waals surface area contributed by atoms with Gasteiger partial charge < -0.3 is 33.9 Å². The first-order valence-electron chi connectivity index (χ1n) is 17.7. The van der Waals surface area contributed by atoms with E-state index in [1.54, 1.807) is 0 Å². The Bertz CT molecular complexity index is 1470. The van der Waals surface area contributed by atoms with E-state index in [-0.39, 0.29) is 41.9 Å². The Balaban J connectivity index is 0.00000256. The molecule has 0 fully saturated rings. The number of aromatic nitrogens is 5. The smallest absolute Gasteiger partial charge is 1.00 e. The molecule has 0 N–H and O–H groups in total. The Hall–Kier alpha value is -2.37. The molecule has 0 saturated heterocycles. The fourth-order valence-electron chi connectivity index (χ4n) is 6.49. The number of aryl methyl sites for hydroxylation is 2. The number of unbranched alkanes of at least 4 members (excludes halogenated alkanes) is 14. The summed E-state index contributed by atoms with van der Waals surface area (Å²) in [5.74, 6) is 1.92. The van der Waals surface area contributed by atoms with E-state index in [1.807, 2.05) is 0 Å². The fourth-order valence-corrected chi connectivity index (χ4v) is 6.49. The number of benzene rings is 2. The molecular weight excluding hydrogens is 665 g/mol. The molecule has 0 radical (unpaired) electrons. The Morgan fingerprint density at radius 2 is 0.787 bits per heavy atom. The SMILES string of the molecule is CCCCCCCCCCn1c(-c2cccc(-c3nc4ccccc4n3CCCCCCCCCC)n2)nc2ccccc21.[Cl-].[Cl-].[Fe+2]. The van der Waals surface area contributed by atoms with Gasteiger partial charge in [-0.25, -0.2) is 15.0 Å². The van der Waals surface area contributed by atoms with Gasteiger partial charge in [0.2, 0.25) is 0 Å². The molecule has 8 heteroatoms. The van der Waals surface area contributed by atoms with Crippen LogP contribution in [0.4, 0.5) is 0 Å². The summed E-state index contributed by atoms with van der Waals surface area (Å²) < 4.78 is 4.78. The molecule has 0 aliphatic heterocycles. The van der Waals surface area contributed by atoms with Crippen LogP contribution in [-0.2, 0) is 30.2 Å². The van der Waals surface area contributed by atoms with Crippen LogP contribution in [0, 0.1) is 0 Å². The van der Waals surface area contributed by atoms with Crippen molar-refractivity contribution in [3.8, 4) is 23.0 Å². The van der Waals surface area contributed by atoms with Crippen LogP contribution in [-0.4, -0.2) is 24.1 Å². The second-order valence-corrected chi connectivity index (χ2v) is 12.5. The van der Waals surface area contributed by atoms with Crippen molar-refractivity contribution in [2.24, 2.45) is 0 Å². The summed E-state index contributed by atoms with van der Waals surface area (Å²) in [5.41, 5.74) is 6.31. The van der Waals surface area contributed by atoms with Gasteiger partial charge in [0.1, 0.15) is 11.4 Å². The molecule has 256 valence electrons. The van der Waals surface area contributed by atoms with Crippen LogP contribution in [0.2, 0.25) is 0 Å². The van der Waals surface area contributed by atoms with Gasteiger partial charge in [0.05, 0.1) is 22.1 Å². The van der Waals surface area contributed by atoms with Crippen molar-refractivity contribution in [1.82, 2.24) is 24.1 Å². The maximum atomic E-state index is 5.23. The molecule has 0 amide bonds. The summed E-state index contributed by atoms with van der Waals surface area (Å²) >= 11 is 0. The number of halogens is 2. The zero-order valence-electron chi connectivity index (χ0n) is 28.4. The Labute approximate surface area is 306 Å². The maximum absolute atomic E-state index is 5.23. The van der Waals surface area contributed by atoms with Gasteiger partial charge in [-0.1, -0.05) is 134 Å². The summed E-state index contributed by atoms with van der Waals surface area (Å²) in [6.45, 7) is 6.50. The number of nitrogens with zero attached hydrogens (tertiary/aromatic N) is 5. The van der Waals surface area contributed by atoms with Gasteiger partial charge in [-0.3, -0.25) is 0 Å². The van der Waals surface area contributed by atoms with E-state index in [1.165, 1.54) is 101 Å². The minimum atomic E-state index is 0.